The number of carboxylic acids is 4. The molecule has 3 saturated heterocycles. The second kappa shape index (κ2) is 25.3. The van der Waals surface area contributed by atoms with E-state index in [1.807, 2.05) is 0 Å². The molecule has 18 atom stereocenters. The Morgan fingerprint density at radius 1 is 0.494 bits per heavy atom. The van der Waals surface area contributed by atoms with Crippen molar-refractivity contribution < 1.29 is 78.9 Å². The number of amides is 5. The van der Waals surface area contributed by atoms with Gasteiger partial charge in [-0.2, -0.15) is 0 Å². The number of rotatable bonds is 21. The van der Waals surface area contributed by atoms with Crippen LogP contribution in [0.1, 0.15) is 60.8 Å². The van der Waals surface area contributed by atoms with E-state index in [1.54, 1.807) is 34.9 Å². The minimum Gasteiger partial charge on any atom is -0.481 e. The first-order valence-corrected chi connectivity index (χ1v) is 28.9. The lowest BCUT2D eigenvalue weighted by Crippen LogP contribution is -2.54. The molecule has 6 rings (SSSR count). The van der Waals surface area contributed by atoms with Crippen LogP contribution in [-0.4, -0.2) is 246 Å². The molecule has 11 N–H and O–H groups in total. The van der Waals surface area contributed by atoms with Gasteiger partial charge in [-0.1, -0.05) is 20.8 Å². The SMILES string of the molecule is C[C@H](O)[C@H](C(=O)N1C[C@H](SC2=C(C(=O)O)N[C@@H]([C@H](C(=O)N3C[C@@H](SC4=C(C(=O)O)N[C@@H]([C@H](C(=O)O)[C@@H](C)O)[C@H]4C)C[C@H]3C(=O)N(C)C)[C@H](C)O)[C@H]2C)C[C@@H]1C(=O)N(C)C)[C@H]1NC(C(=O)O)=C(S[C@H]2CN[C@@H](C(=O)N(C)C)C2)[C@H]1C. The predicted octanol–water partition coefficient (Wildman–Crippen LogP) is -1.09. The minimum atomic E-state index is -1.43. The number of hydrogen-bond acceptors (Lipinski definition) is 19. The van der Waals surface area contributed by atoms with Crippen LogP contribution >= 0.6 is 35.3 Å². The summed E-state index contributed by atoms with van der Waals surface area (Å²) in [6, 6.07) is -5.67. The molecule has 6 heterocycles. The van der Waals surface area contributed by atoms with Crippen LogP contribution in [0.4, 0.5) is 0 Å². The molecule has 5 amide bonds. The quantitative estimate of drug-likeness (QED) is 0.0650. The van der Waals surface area contributed by atoms with Crippen molar-refractivity contribution in [2.75, 3.05) is 61.9 Å². The second-order valence-electron chi connectivity index (χ2n) is 22.2. The van der Waals surface area contributed by atoms with Crippen LogP contribution in [0.15, 0.2) is 31.8 Å². The van der Waals surface area contributed by atoms with E-state index in [9.17, 15) is 69.3 Å². The number of carboxylic acid groups (broad SMARTS) is 4. The summed E-state index contributed by atoms with van der Waals surface area (Å²) in [6.07, 6.45) is -3.62. The molecule has 6 aliphatic rings. The summed E-state index contributed by atoms with van der Waals surface area (Å²) in [4.78, 5) is 129. The summed E-state index contributed by atoms with van der Waals surface area (Å²) in [5, 5.41) is 85.1. The predicted molar refractivity (Wildman–Crippen MR) is 292 cm³/mol. The topological polar surface area (TPSA) is 360 Å². The highest BCUT2D eigenvalue weighted by Gasteiger charge is 2.54. The highest BCUT2D eigenvalue weighted by Crippen LogP contribution is 2.48. The standard InChI is InChI=1S/C51H77N9O16S3/c1-19-34(53-37(49(71)72)40(19)77-25-13-28(52-16-25)43(64)56(7)8)31(22(4)61)46(67)59-17-26(14-29(59)44(65)57(9)10)78-41-20(2)35(54-38(41)50(73)74)32(23(5)62)47(68)60-18-27(15-30(60)45(66)58(11)12)79-42-21(3)36(55-39(42)51(75)76)33(24(6)63)48(69)70/h19-36,52-55,61-63H,13-18H2,1-12H3,(H,69,70)(H,71,72)(H,73,74)(H,75,76)/t19-,20+,21+,22-,23-,24+,25+,26+,27-,28+,29+,30-,31-,32+,33+,34-,35+,36+/m0/s1. The Balaban J connectivity index is 1.23. The molecule has 6 aliphatic heterocycles. The third-order valence-electron chi connectivity index (χ3n) is 16.0. The van der Waals surface area contributed by atoms with Gasteiger partial charge < -0.3 is 81.5 Å². The van der Waals surface area contributed by atoms with Crippen molar-refractivity contribution in [2.24, 2.45) is 35.5 Å². The molecule has 25 nitrogen and oxygen atoms in total. The van der Waals surface area contributed by atoms with Gasteiger partial charge in [0, 0.05) is 128 Å². The van der Waals surface area contributed by atoms with Crippen LogP contribution in [-0.2, 0) is 43.2 Å². The first kappa shape index (κ1) is 62.9. The van der Waals surface area contributed by atoms with Crippen molar-refractivity contribution in [2.45, 2.75) is 131 Å². The largest absolute Gasteiger partial charge is 0.481 e. The molecule has 3 fully saturated rings. The van der Waals surface area contributed by atoms with E-state index in [1.165, 1.54) is 85.2 Å². The smallest absolute Gasteiger partial charge is 0.352 e. The maximum atomic E-state index is 15.1. The Morgan fingerprint density at radius 2 is 0.810 bits per heavy atom. The number of aliphatic hydroxyl groups excluding tert-OH is 3. The van der Waals surface area contributed by atoms with E-state index in [4.69, 9.17) is 0 Å². The lowest BCUT2D eigenvalue weighted by Gasteiger charge is -2.35. The van der Waals surface area contributed by atoms with Crippen LogP contribution < -0.4 is 21.3 Å². The number of hydrogen-bond donors (Lipinski definition) is 11. The number of carbonyl (C=O) groups excluding carboxylic acids is 5. The molecule has 440 valence electrons. The number of nitrogens with zero attached hydrogens (tertiary/aromatic N) is 5. The van der Waals surface area contributed by atoms with E-state index in [0.29, 0.717) is 17.9 Å². The molecule has 0 saturated carbocycles. The van der Waals surface area contributed by atoms with Crippen molar-refractivity contribution >= 4 is 88.7 Å². The van der Waals surface area contributed by atoms with Crippen LogP contribution in [0.3, 0.4) is 0 Å². The maximum Gasteiger partial charge on any atom is 0.352 e. The lowest BCUT2D eigenvalue weighted by molar-refractivity contribution is -0.148. The lowest BCUT2D eigenvalue weighted by atomic mass is 9.86. The van der Waals surface area contributed by atoms with Crippen molar-refractivity contribution in [3.8, 4) is 0 Å². The monoisotopic (exact) mass is 1170 g/mol. The molecule has 0 unspecified atom stereocenters. The molecule has 0 bridgehead atoms. The fourth-order valence-corrected chi connectivity index (χ4v) is 16.4. The summed E-state index contributed by atoms with van der Waals surface area (Å²) >= 11 is 3.47. The Hall–Kier alpha value is -5.26. The van der Waals surface area contributed by atoms with Gasteiger partial charge in [-0.15, -0.1) is 35.3 Å². The highest BCUT2D eigenvalue weighted by atomic mass is 32.2. The summed E-state index contributed by atoms with van der Waals surface area (Å²) in [5.74, 6) is -13.9. The number of aliphatic carboxylic acids is 4. The second-order valence-corrected chi connectivity index (χ2v) is 26.3. The summed E-state index contributed by atoms with van der Waals surface area (Å²) in [6.45, 7) is 9.33. The Kier molecular flexibility index (Phi) is 20.1. The molecule has 0 spiro atoms. The van der Waals surface area contributed by atoms with Gasteiger partial charge in [0.25, 0.3) is 0 Å². The number of likely N-dealkylation sites (tertiary alicyclic amines) is 2. The van der Waals surface area contributed by atoms with Gasteiger partial charge in [-0.3, -0.25) is 28.8 Å². The zero-order chi connectivity index (χ0) is 59.1. The van der Waals surface area contributed by atoms with Crippen molar-refractivity contribution in [1.82, 2.24) is 45.8 Å². The van der Waals surface area contributed by atoms with Gasteiger partial charge in [-0.25, -0.2) is 14.4 Å². The van der Waals surface area contributed by atoms with E-state index >= 15 is 9.59 Å². The van der Waals surface area contributed by atoms with Crippen molar-refractivity contribution in [3.63, 3.8) is 0 Å². The third kappa shape index (κ3) is 12.9. The molecule has 0 radical (unpaired) electrons. The summed E-state index contributed by atoms with van der Waals surface area (Å²) in [5.41, 5.74) is -0.682. The zero-order valence-corrected chi connectivity index (χ0v) is 48.8. The average molecular weight is 1170 g/mol. The normalized spacial score (nSPS) is 31.0. The number of aliphatic hydroxyl groups is 3. The first-order chi connectivity index (χ1) is 36.8. The Bertz CT molecular complexity index is 2540. The molecular weight excluding hydrogens is 1090 g/mol. The van der Waals surface area contributed by atoms with Gasteiger partial charge in [0.1, 0.15) is 35.1 Å². The summed E-state index contributed by atoms with van der Waals surface area (Å²) in [7, 11) is 9.34. The van der Waals surface area contributed by atoms with Crippen LogP contribution in [0.25, 0.3) is 0 Å². The van der Waals surface area contributed by atoms with Gasteiger partial charge in [0.15, 0.2) is 0 Å². The molecule has 0 aromatic heterocycles. The maximum absolute atomic E-state index is 15.1. The molecule has 79 heavy (non-hydrogen) atoms. The minimum absolute atomic E-state index is 0.0334. The first-order valence-electron chi connectivity index (χ1n) is 26.3. The molecule has 28 heteroatoms. The zero-order valence-electron chi connectivity index (χ0n) is 46.4. The number of thioether (sulfide) groups is 3. The highest BCUT2D eigenvalue weighted by molar-refractivity contribution is 8.04. The van der Waals surface area contributed by atoms with Crippen molar-refractivity contribution in [3.05, 3.63) is 31.8 Å². The van der Waals surface area contributed by atoms with Crippen molar-refractivity contribution in [1.29, 1.82) is 0 Å². The van der Waals surface area contributed by atoms with E-state index in [0.717, 1.165) is 23.5 Å². The molecule has 0 aromatic rings. The van der Waals surface area contributed by atoms with Gasteiger partial charge in [-0.05, 0) is 40.0 Å². The third-order valence-corrected chi connectivity index (χ3v) is 20.5. The number of carbonyl (C=O) groups is 9. The van der Waals surface area contributed by atoms with Gasteiger partial charge >= 0.3 is 23.9 Å². The van der Waals surface area contributed by atoms with Gasteiger partial charge in [0.2, 0.25) is 29.5 Å². The average Bonchev–Trinajstić information content (AvgIpc) is 4.35. The fourth-order valence-electron chi connectivity index (χ4n) is 12.0. The molecule has 0 aromatic carbocycles. The van der Waals surface area contributed by atoms with Crippen LogP contribution in [0, 0.1) is 35.5 Å². The fraction of sp³-hybridized carbons (Fsp3) is 0.706. The van der Waals surface area contributed by atoms with Crippen LogP contribution in [0.2, 0.25) is 0 Å². The van der Waals surface area contributed by atoms with E-state index in [2.05, 4.69) is 21.3 Å². The van der Waals surface area contributed by atoms with E-state index < -0.39 is 148 Å². The number of nitrogens with one attached hydrogen (secondary N) is 4. The Labute approximate surface area is 471 Å². The van der Waals surface area contributed by atoms with Crippen LogP contribution in [0.5, 0.6) is 0 Å². The Morgan fingerprint density at radius 3 is 1.10 bits per heavy atom. The van der Waals surface area contributed by atoms with E-state index in [-0.39, 0.29) is 64.0 Å². The number of likely N-dealkylation sites (N-methyl/N-ethyl adjacent to an activating group) is 3. The summed E-state index contributed by atoms with van der Waals surface area (Å²) < 4.78 is 0. The van der Waals surface area contributed by atoms with Gasteiger partial charge in [0.05, 0.1) is 36.2 Å². The molecular formula is C51H77N9O16S3. The molecule has 0 aliphatic carbocycles.